The predicted octanol–water partition coefficient (Wildman–Crippen LogP) is 2.58. The Balaban J connectivity index is 1.93. The fourth-order valence-corrected chi connectivity index (χ4v) is 6.88. The van der Waals surface area contributed by atoms with E-state index in [2.05, 4.69) is 21.3 Å². The van der Waals surface area contributed by atoms with E-state index in [0.29, 0.717) is 5.56 Å². The Morgan fingerprint density at radius 3 is 1.93 bits per heavy atom. The molecule has 0 bridgehead atoms. The normalized spacial score (nSPS) is 17.4. The van der Waals surface area contributed by atoms with Crippen LogP contribution < -0.4 is 26.7 Å². The van der Waals surface area contributed by atoms with Crippen molar-refractivity contribution in [3.8, 4) is 0 Å². The predicted molar refractivity (Wildman–Crippen MR) is 230 cm³/mol. The number of carboxylic acid groups (broad SMARTS) is 2. The summed E-state index contributed by atoms with van der Waals surface area (Å²) in [6.45, 7) is 6.53. The Morgan fingerprint density at radius 2 is 1.39 bits per heavy atom. The van der Waals surface area contributed by atoms with Crippen LogP contribution in [0, 0.1) is 11.8 Å². The van der Waals surface area contributed by atoms with Gasteiger partial charge in [-0.3, -0.25) is 39.0 Å². The van der Waals surface area contributed by atoms with E-state index in [1.54, 1.807) is 67.6 Å². The van der Waals surface area contributed by atoms with Crippen LogP contribution in [-0.2, 0) is 54.4 Å². The summed E-state index contributed by atoms with van der Waals surface area (Å²) in [5, 5.41) is 27.9. The standard InChI is InChI=1S/C44H58F3N7O13/c1-7-25(4)37(67-42(64)32(20-35(58)59)50-38(60)31(19-34(56)57)49-27(6)55)40(62)51-36(24(2)3)41(63)53-21-30(66-22-28-14-10-8-11-15-28)18-33(53)39(61)52-54(23-44(45,46)47)43(65)48-26(5)29-16-12-9-13-17-29/h8-17,24-26,30-33,36-37H,7,18-23H2,1-6H3,(H,48,65)(H,49,55)(H,50,60)(H,51,62)(H,52,61)(H,56,57)(H,58,59)/t25-,26+,30-,31+,32-,33-,36+,37+/m1/s1. The van der Waals surface area contributed by atoms with Crippen molar-refractivity contribution in [3.63, 3.8) is 0 Å². The molecule has 0 radical (unpaired) electrons. The highest BCUT2D eigenvalue weighted by Gasteiger charge is 2.46. The summed E-state index contributed by atoms with van der Waals surface area (Å²) in [7, 11) is 0. The minimum Gasteiger partial charge on any atom is -0.481 e. The third-order valence-corrected chi connectivity index (χ3v) is 10.6. The van der Waals surface area contributed by atoms with Crippen LogP contribution >= 0.6 is 0 Å². The van der Waals surface area contributed by atoms with E-state index in [9.17, 15) is 66.5 Å². The van der Waals surface area contributed by atoms with E-state index >= 15 is 0 Å². The first-order valence-corrected chi connectivity index (χ1v) is 21.4. The van der Waals surface area contributed by atoms with Gasteiger partial charge >= 0.3 is 30.1 Å². The van der Waals surface area contributed by atoms with Gasteiger partial charge in [-0.2, -0.15) is 13.2 Å². The molecule has 368 valence electrons. The van der Waals surface area contributed by atoms with Gasteiger partial charge in [-0.25, -0.2) is 14.6 Å². The summed E-state index contributed by atoms with van der Waals surface area (Å²) in [6, 6.07) is 8.29. The highest BCUT2D eigenvalue weighted by atomic mass is 19.4. The molecule has 0 saturated carbocycles. The number of carbonyl (C=O) groups excluding carboxylic acids is 7. The molecule has 1 fully saturated rings. The molecule has 0 aromatic heterocycles. The van der Waals surface area contributed by atoms with Crippen molar-refractivity contribution in [1.82, 2.24) is 36.6 Å². The number of amides is 7. The van der Waals surface area contributed by atoms with Gasteiger partial charge in [0.1, 0.15) is 30.7 Å². The molecule has 8 atom stereocenters. The number of nitrogens with zero attached hydrogens (tertiary/aromatic N) is 2. The Kier molecular flexibility index (Phi) is 20.5. The Bertz CT molecular complexity index is 2050. The summed E-state index contributed by atoms with van der Waals surface area (Å²) in [5.41, 5.74) is 3.32. The molecule has 1 heterocycles. The van der Waals surface area contributed by atoms with Gasteiger partial charge in [0.2, 0.25) is 17.7 Å². The zero-order valence-corrected chi connectivity index (χ0v) is 37.8. The van der Waals surface area contributed by atoms with Crippen LogP contribution in [0.2, 0.25) is 0 Å². The lowest BCUT2D eigenvalue weighted by molar-refractivity contribution is -0.164. The number of rotatable bonds is 22. The van der Waals surface area contributed by atoms with Crippen molar-refractivity contribution in [1.29, 1.82) is 0 Å². The molecular formula is C44H58F3N7O13. The zero-order valence-electron chi connectivity index (χ0n) is 37.8. The van der Waals surface area contributed by atoms with E-state index in [1.165, 1.54) is 27.7 Å². The SMILES string of the molecule is CC[C@@H](C)[C@H](OC(=O)[C@@H](CC(=O)O)NC(=O)[C@H](CC(=O)O)NC(C)=O)C(=O)N[C@H](C(=O)N1C[C@H](OCc2ccccc2)C[C@@H]1C(=O)NN(CC(F)(F)F)C(=O)N[C@@H](C)c1ccccc1)C(C)C. The largest absolute Gasteiger partial charge is 0.481 e. The van der Waals surface area contributed by atoms with E-state index < -0.39 is 133 Å². The van der Waals surface area contributed by atoms with Crippen molar-refractivity contribution >= 4 is 53.5 Å². The first kappa shape index (κ1) is 54.6. The molecule has 1 aliphatic heterocycles. The van der Waals surface area contributed by atoms with Gasteiger partial charge in [0.05, 0.1) is 31.6 Å². The number of nitrogens with one attached hydrogen (secondary N) is 5. The molecule has 1 saturated heterocycles. The maximum atomic E-state index is 14.6. The summed E-state index contributed by atoms with van der Waals surface area (Å²) >= 11 is 0. The number of urea groups is 1. The molecule has 2 aromatic rings. The Morgan fingerprint density at radius 1 is 0.806 bits per heavy atom. The van der Waals surface area contributed by atoms with Gasteiger partial charge in [-0.05, 0) is 30.4 Å². The smallest absolute Gasteiger partial charge is 0.408 e. The topological polar surface area (TPSA) is 279 Å². The lowest BCUT2D eigenvalue weighted by Gasteiger charge is -2.33. The van der Waals surface area contributed by atoms with Gasteiger partial charge in [0.25, 0.3) is 11.8 Å². The van der Waals surface area contributed by atoms with Crippen LogP contribution in [-0.4, -0.2) is 129 Å². The number of carboxylic acids is 2. The summed E-state index contributed by atoms with van der Waals surface area (Å²) < 4.78 is 53.2. The van der Waals surface area contributed by atoms with E-state index in [4.69, 9.17) is 9.47 Å². The van der Waals surface area contributed by atoms with Crippen LogP contribution in [0.3, 0.4) is 0 Å². The number of likely N-dealkylation sites (tertiary alicyclic amines) is 1. The summed E-state index contributed by atoms with van der Waals surface area (Å²) in [6.07, 6.45) is -9.69. The second-order valence-electron chi connectivity index (χ2n) is 16.4. The monoisotopic (exact) mass is 949 g/mol. The van der Waals surface area contributed by atoms with Crippen LogP contribution in [0.15, 0.2) is 60.7 Å². The van der Waals surface area contributed by atoms with Crippen molar-refractivity contribution < 1.29 is 76.0 Å². The number of hydrogen-bond donors (Lipinski definition) is 7. The first-order chi connectivity index (χ1) is 31.4. The molecule has 0 spiro atoms. The first-order valence-electron chi connectivity index (χ1n) is 21.4. The minimum absolute atomic E-state index is 0.0188. The average Bonchev–Trinajstić information content (AvgIpc) is 3.69. The van der Waals surface area contributed by atoms with E-state index in [0.717, 1.165) is 17.4 Å². The molecule has 7 N–H and O–H groups in total. The molecule has 7 amide bonds. The van der Waals surface area contributed by atoms with Crippen LogP contribution in [0.4, 0.5) is 18.0 Å². The molecule has 0 unspecified atom stereocenters. The maximum absolute atomic E-state index is 14.6. The average molecular weight is 950 g/mol. The number of carbonyl (C=O) groups is 9. The second kappa shape index (κ2) is 25.2. The van der Waals surface area contributed by atoms with Gasteiger partial charge < -0.3 is 45.9 Å². The van der Waals surface area contributed by atoms with Gasteiger partial charge in [-0.1, -0.05) is 88.4 Å². The molecular weight excluding hydrogens is 892 g/mol. The van der Waals surface area contributed by atoms with Crippen molar-refractivity contribution in [2.75, 3.05) is 13.1 Å². The lowest BCUT2D eigenvalue weighted by Crippen LogP contribution is -2.60. The number of benzene rings is 2. The van der Waals surface area contributed by atoms with Crippen molar-refractivity contribution in [3.05, 3.63) is 71.8 Å². The molecule has 67 heavy (non-hydrogen) atoms. The van der Waals surface area contributed by atoms with Gasteiger partial charge in [0.15, 0.2) is 6.10 Å². The third kappa shape index (κ3) is 17.5. The fourth-order valence-electron chi connectivity index (χ4n) is 6.88. The number of hydrogen-bond acceptors (Lipinski definition) is 11. The van der Waals surface area contributed by atoms with Crippen LogP contribution in [0.5, 0.6) is 0 Å². The molecule has 0 aliphatic carbocycles. The quantitative estimate of drug-likeness (QED) is 0.0661. The highest BCUT2D eigenvalue weighted by Crippen LogP contribution is 2.26. The minimum atomic E-state index is -4.98. The van der Waals surface area contributed by atoms with Crippen LogP contribution in [0.1, 0.15) is 84.4 Å². The maximum Gasteiger partial charge on any atom is 0.408 e. The van der Waals surface area contributed by atoms with E-state index in [1.807, 2.05) is 5.43 Å². The lowest BCUT2D eigenvalue weighted by atomic mass is 9.98. The van der Waals surface area contributed by atoms with E-state index in [-0.39, 0.29) is 31.0 Å². The zero-order chi connectivity index (χ0) is 50.2. The summed E-state index contributed by atoms with van der Waals surface area (Å²) in [4.78, 5) is 118. The fraction of sp³-hybridized carbons (Fsp3) is 0.523. The number of hydrazine groups is 1. The number of esters is 1. The highest BCUT2D eigenvalue weighted by molar-refractivity contribution is 5.96. The third-order valence-electron chi connectivity index (χ3n) is 10.6. The molecule has 23 heteroatoms. The van der Waals surface area contributed by atoms with Crippen molar-refractivity contribution in [2.24, 2.45) is 11.8 Å². The summed E-state index contributed by atoms with van der Waals surface area (Å²) in [5.74, 6) is -11.3. The Labute approximate surface area is 384 Å². The van der Waals surface area contributed by atoms with Crippen LogP contribution in [0.25, 0.3) is 0 Å². The second-order valence-corrected chi connectivity index (χ2v) is 16.4. The van der Waals surface area contributed by atoms with Gasteiger partial charge in [-0.15, -0.1) is 0 Å². The number of aliphatic carboxylic acids is 2. The number of ether oxygens (including phenoxy) is 2. The molecule has 3 rings (SSSR count). The van der Waals surface area contributed by atoms with Gasteiger partial charge in [0, 0.05) is 25.8 Å². The molecule has 1 aliphatic rings. The Hall–Kier alpha value is -6.78. The molecule has 2 aromatic carbocycles. The number of halogens is 3. The van der Waals surface area contributed by atoms with Crippen molar-refractivity contribution in [2.45, 2.75) is 122 Å². The molecule has 20 nitrogen and oxygen atoms in total. The number of alkyl halides is 3.